The SMILES string of the molecule is [2H]C([2H])([2H])C([2H])([2H])C([2H])([2H])C([2H])([2H])C([2H])([2H])C([2H])([2H])C(c1cc(O)c2c(c1)OC(C)(C)[C@]1([2H])C([2H])([2H])C([2H])([2H])C(=O)C([2H])([2H])[C@@]21[2H])(C([2H])([2H])[2H])C([2H])([2H])[2H]. The summed E-state index contributed by atoms with van der Waals surface area (Å²) in [5.74, 6) is -12.5. The molecule has 3 rings (SSSR count). The highest BCUT2D eigenvalue weighted by Crippen LogP contribution is 2.54. The highest BCUT2D eigenvalue weighted by Gasteiger charge is 2.47. The Morgan fingerprint density at radius 1 is 1.41 bits per heavy atom. The number of fused-ring (bicyclic) bond motifs is 3. The number of hydrogen-bond donors (Lipinski definition) is 1. The van der Waals surface area contributed by atoms with E-state index in [4.69, 9.17) is 39.0 Å². The fourth-order valence-electron chi connectivity index (χ4n) is 2.76. The number of phenols is 1. The maximum Gasteiger partial charge on any atom is 0.133 e. The molecule has 2 atom stereocenters. The van der Waals surface area contributed by atoms with Crippen molar-refractivity contribution in [2.24, 2.45) is 5.89 Å². The molecular formula is C24H36O3. The lowest BCUT2D eigenvalue weighted by atomic mass is 9.66. The van der Waals surface area contributed by atoms with Crippen LogP contribution >= 0.6 is 0 Å². The minimum absolute atomic E-state index is 0.00910. The molecular weight excluding hydrogens is 336 g/mol. The Kier molecular flexibility index (Phi) is 1.43. The van der Waals surface area contributed by atoms with E-state index in [0.29, 0.717) is 0 Å². The first-order valence-corrected chi connectivity index (χ1v) is 7.74. The Labute approximate surface area is 202 Å². The minimum atomic E-state index is -4.88. The van der Waals surface area contributed by atoms with Crippen molar-refractivity contribution in [3.05, 3.63) is 23.3 Å². The molecule has 150 valence electrons. The van der Waals surface area contributed by atoms with Crippen LogP contribution in [0.15, 0.2) is 12.1 Å². The zero-order valence-electron chi connectivity index (χ0n) is 41.4. The number of ketones is 1. The van der Waals surface area contributed by atoms with Gasteiger partial charge in [-0.25, -0.2) is 0 Å². The highest BCUT2D eigenvalue weighted by atomic mass is 16.5. The topological polar surface area (TPSA) is 46.5 Å². The molecule has 1 heterocycles. The molecule has 1 saturated carbocycles. The van der Waals surface area contributed by atoms with Crippen molar-refractivity contribution in [3.8, 4) is 11.5 Å². The maximum atomic E-state index is 13.3. The second kappa shape index (κ2) is 7.48. The number of ether oxygens (including phenoxy) is 1. The fourth-order valence-corrected chi connectivity index (χ4v) is 2.76. The molecule has 0 amide bonds. The van der Waals surface area contributed by atoms with E-state index in [0.717, 1.165) is 13.8 Å². The van der Waals surface area contributed by atoms with E-state index in [1.807, 2.05) is 0 Å². The number of carbonyl (C=O) groups excluding carboxylic acids is 1. The van der Waals surface area contributed by atoms with E-state index in [2.05, 4.69) is 0 Å². The fraction of sp³-hybridized carbons (Fsp3) is 0.708. The number of Topliss-reactive ketones (excluding diaryl/α,β-unsaturated/α-hetero) is 1. The van der Waals surface area contributed by atoms with E-state index >= 15 is 0 Å². The summed E-state index contributed by atoms with van der Waals surface area (Å²) in [5.41, 5.74) is -10.2. The molecule has 1 aromatic rings. The van der Waals surface area contributed by atoms with Crippen LogP contribution in [0, 0.1) is 5.89 Å². The lowest BCUT2D eigenvalue weighted by Gasteiger charge is -2.47. The van der Waals surface area contributed by atoms with Gasteiger partial charge in [-0.1, -0.05) is 46.0 Å². The molecule has 0 aromatic heterocycles. The minimum Gasteiger partial charge on any atom is -0.508 e. The van der Waals surface area contributed by atoms with Gasteiger partial charge in [-0.05, 0) is 49.7 Å². The van der Waals surface area contributed by atoms with Gasteiger partial charge in [-0.3, -0.25) is 4.79 Å². The van der Waals surface area contributed by atoms with Crippen molar-refractivity contribution >= 4 is 5.78 Å². The standard InChI is InChI=1S/C24H36O3/c1-6-7-8-9-12-23(2,3)16-13-20(26)22-18-15-17(25)10-11-19(18)24(4,5)27-21(22)14-16/h13-14,18-19,26H,6-12,15H2,1-5H3/t18-,19-/m1/s1/i1D3,2D3,3D3,6D2,7D2,8D2,9D2,10D2,11D2,12D2,15D2,18D,19D. The number of phenolic OH excluding ortho intramolecular Hbond substituents is 1. The molecule has 1 aromatic carbocycles. The van der Waals surface area contributed by atoms with Crippen LogP contribution in [0.4, 0.5) is 0 Å². The van der Waals surface area contributed by atoms with Crippen molar-refractivity contribution in [1.82, 2.24) is 0 Å². The van der Waals surface area contributed by atoms with Crippen LogP contribution < -0.4 is 4.74 Å². The smallest absolute Gasteiger partial charge is 0.133 e. The first-order valence-electron chi connectivity index (χ1n) is 21.2. The monoisotopic (exact) mass is 399 g/mol. The lowest BCUT2D eigenvalue weighted by Crippen LogP contribution is -2.47. The molecule has 0 spiro atoms. The van der Waals surface area contributed by atoms with Crippen molar-refractivity contribution in [3.63, 3.8) is 0 Å². The van der Waals surface area contributed by atoms with E-state index in [1.165, 1.54) is 0 Å². The van der Waals surface area contributed by atoms with Crippen LogP contribution in [0.25, 0.3) is 0 Å². The summed E-state index contributed by atoms with van der Waals surface area (Å²) in [6.07, 6.45) is -35.1. The summed E-state index contributed by atoms with van der Waals surface area (Å²) in [4.78, 5) is 13.3. The zero-order valence-corrected chi connectivity index (χ0v) is 14.4. The zero-order chi connectivity index (χ0) is 43.5. The number of hydrogen-bond acceptors (Lipinski definition) is 3. The third kappa shape index (κ3) is 4.02. The maximum absolute atomic E-state index is 13.3. The van der Waals surface area contributed by atoms with Crippen LogP contribution in [0.3, 0.4) is 0 Å². The van der Waals surface area contributed by atoms with Crippen molar-refractivity contribution in [2.75, 3.05) is 0 Å². The molecule has 3 heteroatoms. The Morgan fingerprint density at radius 3 is 2.96 bits per heavy atom. The van der Waals surface area contributed by atoms with Crippen LogP contribution in [-0.4, -0.2) is 16.5 Å². The third-order valence-electron chi connectivity index (χ3n) is 3.96. The van der Waals surface area contributed by atoms with Gasteiger partial charge in [0.05, 0.1) is 0 Å². The molecule has 0 unspecified atom stereocenters. The summed E-state index contributed by atoms with van der Waals surface area (Å²) in [6, 6.07) is 0.222. The summed E-state index contributed by atoms with van der Waals surface area (Å²) < 4.78 is 231. The molecule has 27 heavy (non-hydrogen) atoms. The van der Waals surface area contributed by atoms with Crippen molar-refractivity contribution < 1.29 is 51.6 Å². The van der Waals surface area contributed by atoms with Gasteiger partial charge in [0.15, 0.2) is 0 Å². The Morgan fingerprint density at radius 2 is 2.22 bits per heavy atom. The van der Waals surface area contributed by atoms with Gasteiger partial charge in [0.1, 0.15) is 22.9 Å². The van der Waals surface area contributed by atoms with Crippen LogP contribution in [0.5, 0.6) is 11.5 Å². The predicted octanol–water partition coefficient (Wildman–Crippen LogP) is 6.26. The Bertz CT molecular complexity index is 1700. The number of benzene rings is 1. The van der Waals surface area contributed by atoms with Gasteiger partial charge in [0, 0.05) is 67.1 Å². The number of aromatic hydroxyl groups is 1. The first kappa shape index (κ1) is 5.15. The molecule has 2 aliphatic rings. The second-order valence-electron chi connectivity index (χ2n) is 6.31. The predicted molar refractivity (Wildman–Crippen MR) is 110 cm³/mol. The highest BCUT2D eigenvalue weighted by molar-refractivity contribution is 5.81. The van der Waals surface area contributed by atoms with Crippen molar-refractivity contribution in [1.29, 1.82) is 0 Å². The van der Waals surface area contributed by atoms with Crippen molar-refractivity contribution in [2.45, 2.75) is 102 Å². The van der Waals surface area contributed by atoms with Crippen LogP contribution in [0.1, 0.15) is 139 Å². The average molecular weight is 400 g/mol. The largest absolute Gasteiger partial charge is 0.508 e. The van der Waals surface area contributed by atoms with Gasteiger partial charge in [-0.15, -0.1) is 0 Å². The molecule has 1 aliphatic carbocycles. The quantitative estimate of drug-likeness (QED) is 0.613. The van der Waals surface area contributed by atoms with Gasteiger partial charge in [-0.2, -0.15) is 0 Å². The normalized spacial score (nSPS) is 54.0. The third-order valence-corrected chi connectivity index (χ3v) is 3.96. The Balaban J connectivity index is 2.64. The molecule has 1 aliphatic heterocycles. The molecule has 0 radical (unpaired) electrons. The molecule has 1 fully saturated rings. The number of rotatable bonds is 6. The van der Waals surface area contributed by atoms with E-state index in [1.54, 1.807) is 0 Å². The summed E-state index contributed by atoms with van der Waals surface area (Å²) in [6.45, 7) is -11.4. The van der Waals surface area contributed by atoms with Crippen LogP contribution in [0.2, 0.25) is 0 Å². The number of carbonyl (C=O) groups is 1. The lowest BCUT2D eigenvalue weighted by molar-refractivity contribution is -0.124. The summed E-state index contributed by atoms with van der Waals surface area (Å²) >= 11 is 0. The molecule has 3 nitrogen and oxygen atoms in total. The summed E-state index contributed by atoms with van der Waals surface area (Å²) in [7, 11) is 0. The van der Waals surface area contributed by atoms with Gasteiger partial charge < -0.3 is 9.84 Å². The van der Waals surface area contributed by atoms with Gasteiger partial charge in [0.2, 0.25) is 0 Å². The van der Waals surface area contributed by atoms with Gasteiger partial charge >= 0.3 is 0 Å². The van der Waals surface area contributed by atoms with Crippen LogP contribution in [-0.2, 0) is 10.2 Å². The van der Waals surface area contributed by atoms with E-state index in [9.17, 15) is 12.6 Å². The van der Waals surface area contributed by atoms with E-state index in [-0.39, 0.29) is 12.1 Å². The Hall–Kier alpha value is -1.51. The summed E-state index contributed by atoms with van der Waals surface area (Å²) in [5, 5.41) is 11.5. The molecule has 1 N–H and O–H groups in total. The van der Waals surface area contributed by atoms with E-state index < -0.39 is 123 Å². The average Bonchev–Trinajstić information content (AvgIpc) is 2.91. The molecule has 0 bridgehead atoms. The second-order valence-corrected chi connectivity index (χ2v) is 6.31. The first-order chi connectivity index (χ1) is 23.1. The molecule has 0 saturated heterocycles. The van der Waals surface area contributed by atoms with Gasteiger partial charge in [0.25, 0.3) is 0 Å².